The molecule has 3 aromatic carbocycles. The number of hydrogen-bond donors (Lipinski definition) is 3. The number of amides is 1. The summed E-state index contributed by atoms with van der Waals surface area (Å²) in [5.74, 6) is 0.482. The molecule has 6 rings (SSSR count). The fourth-order valence-electron chi connectivity index (χ4n) is 5.59. The van der Waals surface area contributed by atoms with E-state index >= 15 is 0 Å². The number of pyridine rings is 1. The Hall–Kier alpha value is -4.42. The Kier molecular flexibility index (Phi) is 6.86. The van der Waals surface area contributed by atoms with Crippen LogP contribution in [0.4, 0.5) is 0 Å². The summed E-state index contributed by atoms with van der Waals surface area (Å²) in [5, 5.41) is 22.8. The van der Waals surface area contributed by atoms with Crippen LogP contribution in [0.25, 0.3) is 33.3 Å². The number of benzene rings is 3. The fraction of sp³-hybridized carbons (Fsp3) is 0.212. The topological polar surface area (TPSA) is 89.5 Å². The standard InChI is InChI=1S/C33H31N3O3/c37-31(36-17-14-25(15-18-36)32(38)24-5-2-1-3-6-24)19-22-9-11-23(12-10-22)27-7-4-8-28(33(27)39)30-20-26-21-34-16-13-29(26)35-30/h1-13,16,20-21,25,32,35,38-39H,14-15,17-19H2. The summed E-state index contributed by atoms with van der Waals surface area (Å²) in [5.41, 5.74) is 6.03. The van der Waals surface area contributed by atoms with Gasteiger partial charge in [0.2, 0.25) is 5.91 Å². The summed E-state index contributed by atoms with van der Waals surface area (Å²) < 4.78 is 0. The predicted octanol–water partition coefficient (Wildman–Crippen LogP) is 6.12. The lowest BCUT2D eigenvalue weighted by molar-refractivity contribution is -0.132. The number of aromatic hydroxyl groups is 1. The normalized spacial score (nSPS) is 14.9. The van der Waals surface area contributed by atoms with Crippen LogP contribution in [0.2, 0.25) is 0 Å². The lowest BCUT2D eigenvalue weighted by Crippen LogP contribution is -2.40. The first-order valence-electron chi connectivity index (χ1n) is 13.4. The van der Waals surface area contributed by atoms with Gasteiger partial charge in [-0.05, 0) is 53.6 Å². The number of phenolic OH excluding ortho intramolecular Hbond substituents is 1. The Morgan fingerprint density at radius 2 is 1.69 bits per heavy atom. The second-order valence-corrected chi connectivity index (χ2v) is 10.3. The van der Waals surface area contributed by atoms with E-state index < -0.39 is 6.10 Å². The van der Waals surface area contributed by atoms with Crippen molar-refractivity contribution in [1.82, 2.24) is 14.9 Å². The number of aliphatic hydroxyl groups excluding tert-OH is 1. The van der Waals surface area contributed by atoms with Gasteiger partial charge < -0.3 is 20.1 Å². The number of rotatable bonds is 6. The van der Waals surface area contributed by atoms with Gasteiger partial charge in [-0.1, -0.05) is 66.7 Å². The molecule has 0 saturated carbocycles. The van der Waals surface area contributed by atoms with Crippen LogP contribution in [-0.2, 0) is 11.2 Å². The molecule has 3 N–H and O–H groups in total. The number of piperidine rings is 1. The number of fused-ring (bicyclic) bond motifs is 1. The van der Waals surface area contributed by atoms with Crippen LogP contribution in [0.15, 0.2) is 97.3 Å². The summed E-state index contributed by atoms with van der Waals surface area (Å²) in [6.07, 6.45) is 4.98. The van der Waals surface area contributed by atoms with Gasteiger partial charge in [-0.15, -0.1) is 0 Å². The van der Waals surface area contributed by atoms with Crippen molar-refractivity contribution >= 4 is 16.8 Å². The Morgan fingerprint density at radius 1 is 0.949 bits per heavy atom. The molecule has 1 unspecified atom stereocenters. The van der Waals surface area contributed by atoms with Gasteiger partial charge in [0, 0.05) is 47.5 Å². The van der Waals surface area contributed by atoms with E-state index in [1.807, 2.05) is 89.8 Å². The Morgan fingerprint density at radius 3 is 2.44 bits per heavy atom. The third-order valence-corrected chi connectivity index (χ3v) is 7.85. The monoisotopic (exact) mass is 517 g/mol. The van der Waals surface area contributed by atoms with Crippen LogP contribution in [-0.4, -0.2) is 44.1 Å². The number of aromatic nitrogens is 2. The van der Waals surface area contributed by atoms with E-state index in [1.165, 1.54) is 0 Å². The molecule has 1 aliphatic rings. The molecule has 2 aromatic heterocycles. The van der Waals surface area contributed by atoms with E-state index in [9.17, 15) is 15.0 Å². The highest BCUT2D eigenvalue weighted by Crippen LogP contribution is 2.38. The molecule has 1 saturated heterocycles. The average Bonchev–Trinajstić information content (AvgIpc) is 3.42. The van der Waals surface area contributed by atoms with Crippen molar-refractivity contribution in [2.24, 2.45) is 5.92 Å². The number of carbonyl (C=O) groups excluding carboxylic acids is 1. The number of H-pyrrole nitrogens is 1. The summed E-state index contributed by atoms with van der Waals surface area (Å²) in [6.45, 7) is 1.33. The molecule has 6 heteroatoms. The minimum atomic E-state index is -0.487. The predicted molar refractivity (Wildman–Crippen MR) is 153 cm³/mol. The summed E-state index contributed by atoms with van der Waals surface area (Å²) in [6, 6.07) is 27.2. The third-order valence-electron chi connectivity index (χ3n) is 7.85. The molecule has 1 atom stereocenters. The smallest absolute Gasteiger partial charge is 0.226 e. The van der Waals surface area contributed by atoms with Gasteiger partial charge in [-0.2, -0.15) is 0 Å². The molecule has 5 aromatic rings. The van der Waals surface area contributed by atoms with Gasteiger partial charge in [0.1, 0.15) is 5.75 Å². The van der Waals surface area contributed by atoms with Crippen molar-refractivity contribution in [3.63, 3.8) is 0 Å². The van der Waals surface area contributed by atoms with Crippen molar-refractivity contribution in [3.05, 3.63) is 108 Å². The molecule has 196 valence electrons. The van der Waals surface area contributed by atoms with Gasteiger partial charge in [-0.3, -0.25) is 9.78 Å². The average molecular weight is 518 g/mol. The molecule has 0 radical (unpaired) electrons. The van der Waals surface area contributed by atoms with Crippen molar-refractivity contribution in [1.29, 1.82) is 0 Å². The maximum Gasteiger partial charge on any atom is 0.226 e. The Bertz CT molecular complexity index is 1550. The Balaban J connectivity index is 1.10. The zero-order valence-electron chi connectivity index (χ0n) is 21.6. The molecule has 6 nitrogen and oxygen atoms in total. The SMILES string of the molecule is O=C(Cc1ccc(-c2cccc(-c3cc4cnccc4[nH]3)c2O)cc1)N1CCC(C(O)c2ccccc2)CC1. The van der Waals surface area contributed by atoms with E-state index in [0.717, 1.165) is 57.3 Å². The number of nitrogens with one attached hydrogen (secondary N) is 1. The van der Waals surface area contributed by atoms with Crippen LogP contribution >= 0.6 is 0 Å². The zero-order chi connectivity index (χ0) is 26.8. The minimum absolute atomic E-state index is 0.105. The second-order valence-electron chi connectivity index (χ2n) is 10.3. The summed E-state index contributed by atoms with van der Waals surface area (Å²) >= 11 is 0. The number of para-hydroxylation sites is 1. The molecular formula is C33H31N3O3. The molecule has 0 aliphatic carbocycles. The number of carbonyl (C=O) groups is 1. The first kappa shape index (κ1) is 24.9. The van der Waals surface area contributed by atoms with Gasteiger partial charge in [0.25, 0.3) is 0 Å². The maximum atomic E-state index is 13.0. The second kappa shape index (κ2) is 10.8. The van der Waals surface area contributed by atoms with E-state index in [-0.39, 0.29) is 17.6 Å². The van der Waals surface area contributed by atoms with Crippen LogP contribution in [0.1, 0.15) is 30.1 Å². The van der Waals surface area contributed by atoms with Crippen molar-refractivity contribution < 1.29 is 15.0 Å². The Labute approximate surface area is 227 Å². The van der Waals surface area contributed by atoms with Gasteiger partial charge in [0.15, 0.2) is 0 Å². The van der Waals surface area contributed by atoms with Crippen LogP contribution in [0.3, 0.4) is 0 Å². The zero-order valence-corrected chi connectivity index (χ0v) is 21.6. The summed E-state index contributed by atoms with van der Waals surface area (Å²) in [4.78, 5) is 22.4. The number of aromatic amines is 1. The number of nitrogens with zero attached hydrogens (tertiary/aromatic N) is 2. The fourth-order valence-corrected chi connectivity index (χ4v) is 5.59. The van der Waals surface area contributed by atoms with Gasteiger partial charge in [-0.25, -0.2) is 0 Å². The summed E-state index contributed by atoms with van der Waals surface area (Å²) in [7, 11) is 0. The highest BCUT2D eigenvalue weighted by Gasteiger charge is 2.28. The van der Waals surface area contributed by atoms with Crippen LogP contribution in [0.5, 0.6) is 5.75 Å². The number of phenols is 1. The van der Waals surface area contributed by atoms with E-state index in [2.05, 4.69) is 9.97 Å². The highest BCUT2D eigenvalue weighted by molar-refractivity contribution is 5.89. The lowest BCUT2D eigenvalue weighted by Gasteiger charge is -2.34. The first-order valence-corrected chi connectivity index (χ1v) is 13.4. The quantitative estimate of drug-likeness (QED) is 0.253. The van der Waals surface area contributed by atoms with Crippen LogP contribution < -0.4 is 0 Å². The third kappa shape index (κ3) is 5.16. The van der Waals surface area contributed by atoms with Crippen molar-refractivity contribution in [2.75, 3.05) is 13.1 Å². The van der Waals surface area contributed by atoms with Crippen LogP contribution in [0, 0.1) is 5.92 Å². The molecule has 39 heavy (non-hydrogen) atoms. The number of aliphatic hydroxyl groups is 1. The van der Waals surface area contributed by atoms with E-state index in [0.29, 0.717) is 19.5 Å². The number of likely N-dealkylation sites (tertiary alicyclic amines) is 1. The molecule has 0 bridgehead atoms. The van der Waals surface area contributed by atoms with Crippen molar-refractivity contribution in [2.45, 2.75) is 25.4 Å². The highest BCUT2D eigenvalue weighted by atomic mass is 16.3. The van der Waals surface area contributed by atoms with Crippen molar-refractivity contribution in [3.8, 4) is 28.1 Å². The molecule has 1 aliphatic heterocycles. The maximum absolute atomic E-state index is 13.0. The van der Waals surface area contributed by atoms with E-state index in [4.69, 9.17) is 0 Å². The van der Waals surface area contributed by atoms with Gasteiger partial charge >= 0.3 is 0 Å². The minimum Gasteiger partial charge on any atom is -0.507 e. The molecule has 0 spiro atoms. The number of hydrogen-bond acceptors (Lipinski definition) is 4. The molecular weight excluding hydrogens is 486 g/mol. The first-order chi connectivity index (χ1) is 19.1. The molecule has 3 heterocycles. The lowest BCUT2D eigenvalue weighted by atomic mass is 9.87. The van der Waals surface area contributed by atoms with E-state index in [1.54, 1.807) is 12.4 Å². The largest absolute Gasteiger partial charge is 0.507 e. The molecule has 1 amide bonds. The van der Waals surface area contributed by atoms with Gasteiger partial charge in [0.05, 0.1) is 18.2 Å². The molecule has 1 fully saturated rings.